The lowest BCUT2D eigenvalue weighted by atomic mass is 9.89. The van der Waals surface area contributed by atoms with E-state index in [-0.39, 0.29) is 17.4 Å². The molecule has 1 aromatic heterocycles. The summed E-state index contributed by atoms with van der Waals surface area (Å²) in [4.78, 5) is 19.5. The minimum absolute atomic E-state index is 0.0327. The number of hydrogen-bond acceptors (Lipinski definition) is 5. The molecule has 1 N–H and O–H groups in total. The van der Waals surface area contributed by atoms with E-state index >= 15 is 0 Å². The molecule has 6 nitrogen and oxygen atoms in total. The van der Waals surface area contributed by atoms with Gasteiger partial charge in [0.2, 0.25) is 0 Å². The molecule has 178 valence electrons. The number of H-pyrrole nitrogens is 1. The zero-order valence-corrected chi connectivity index (χ0v) is 19.7. The fourth-order valence-corrected chi connectivity index (χ4v) is 5.35. The predicted octanol–water partition coefficient (Wildman–Crippen LogP) is 4.25. The van der Waals surface area contributed by atoms with Crippen molar-refractivity contribution in [3.05, 3.63) is 99.6 Å². The van der Waals surface area contributed by atoms with Gasteiger partial charge in [-0.1, -0.05) is 36.4 Å². The Hall–Kier alpha value is -3.55. The summed E-state index contributed by atoms with van der Waals surface area (Å²) in [5.41, 5.74) is 4.20. The lowest BCUT2D eigenvalue weighted by Crippen LogP contribution is -2.43. The molecule has 0 bridgehead atoms. The van der Waals surface area contributed by atoms with Crippen LogP contribution >= 0.6 is 0 Å². The molecule has 1 unspecified atom stereocenters. The Bertz CT molecular complexity index is 1410. The largest absolute Gasteiger partial charge is 0.317 e. The Morgan fingerprint density at radius 3 is 2.46 bits per heavy atom. The highest BCUT2D eigenvalue weighted by molar-refractivity contribution is 5.97. The van der Waals surface area contributed by atoms with Gasteiger partial charge in [0.1, 0.15) is 5.82 Å². The Kier molecular flexibility index (Phi) is 5.59. The van der Waals surface area contributed by atoms with Crippen molar-refractivity contribution in [3.63, 3.8) is 0 Å². The average molecular weight is 470 g/mol. The molecule has 7 heteroatoms. The lowest BCUT2D eigenvalue weighted by molar-refractivity contribution is 0.148. The van der Waals surface area contributed by atoms with E-state index in [1.165, 1.54) is 17.7 Å². The number of nitrogens with one attached hydrogen (secondary N) is 1. The van der Waals surface area contributed by atoms with E-state index in [1.54, 1.807) is 12.1 Å². The summed E-state index contributed by atoms with van der Waals surface area (Å²) in [7, 11) is 2.17. The number of halogens is 1. The monoisotopic (exact) mass is 469 g/mol. The number of hydrogen-bond donors (Lipinski definition) is 1. The number of benzene rings is 3. The van der Waals surface area contributed by atoms with Crippen molar-refractivity contribution in [1.29, 1.82) is 0 Å². The van der Waals surface area contributed by atoms with Gasteiger partial charge in [-0.3, -0.25) is 9.69 Å². The molecule has 2 aliphatic heterocycles. The number of anilines is 2. The van der Waals surface area contributed by atoms with Gasteiger partial charge in [0.05, 0.1) is 11.4 Å². The maximum Gasteiger partial charge on any atom is 0.272 e. The van der Waals surface area contributed by atoms with Crippen LogP contribution in [0.5, 0.6) is 0 Å². The van der Waals surface area contributed by atoms with Crippen molar-refractivity contribution in [1.82, 2.24) is 20.0 Å². The second kappa shape index (κ2) is 8.91. The molecule has 3 heterocycles. The first-order chi connectivity index (χ1) is 17.1. The average Bonchev–Trinajstić information content (AvgIpc) is 2.88. The van der Waals surface area contributed by atoms with Crippen molar-refractivity contribution in [2.75, 3.05) is 38.1 Å². The van der Waals surface area contributed by atoms with Crippen molar-refractivity contribution < 1.29 is 4.39 Å². The lowest BCUT2D eigenvalue weighted by Gasteiger charge is -2.38. The van der Waals surface area contributed by atoms with E-state index in [0.717, 1.165) is 61.3 Å². The number of rotatable bonds is 4. The van der Waals surface area contributed by atoms with Crippen molar-refractivity contribution in [2.24, 2.45) is 0 Å². The highest BCUT2D eigenvalue weighted by Crippen LogP contribution is 2.44. The number of aromatic amines is 1. The molecule has 2 aliphatic rings. The second-order valence-electron chi connectivity index (χ2n) is 9.60. The molecule has 4 aromatic rings. The van der Waals surface area contributed by atoms with Gasteiger partial charge < -0.3 is 9.80 Å². The first-order valence-corrected chi connectivity index (χ1v) is 12.1. The van der Waals surface area contributed by atoms with Crippen LogP contribution in [0, 0.1) is 5.82 Å². The molecule has 0 spiro atoms. The maximum atomic E-state index is 13.8. The van der Waals surface area contributed by atoms with E-state index in [2.05, 4.69) is 62.3 Å². The molecule has 1 fully saturated rings. The van der Waals surface area contributed by atoms with Gasteiger partial charge in [-0.05, 0) is 60.5 Å². The third-order valence-electron chi connectivity index (χ3n) is 7.31. The van der Waals surface area contributed by atoms with Crippen LogP contribution in [-0.2, 0) is 13.0 Å². The molecule has 0 saturated carbocycles. The number of nitrogens with zero attached hydrogens (tertiary/aromatic N) is 4. The van der Waals surface area contributed by atoms with Gasteiger partial charge in [-0.25, -0.2) is 9.49 Å². The predicted molar refractivity (Wildman–Crippen MR) is 137 cm³/mol. The van der Waals surface area contributed by atoms with Crippen LogP contribution in [0.2, 0.25) is 0 Å². The molecule has 0 amide bonds. The fraction of sp³-hybridized carbons (Fsp3) is 0.286. The van der Waals surface area contributed by atoms with Crippen molar-refractivity contribution >= 4 is 22.3 Å². The summed E-state index contributed by atoms with van der Waals surface area (Å²) in [6.45, 7) is 5.33. The zero-order chi connectivity index (χ0) is 23.9. The number of aromatic nitrogens is 2. The molecule has 6 rings (SSSR count). The molecule has 35 heavy (non-hydrogen) atoms. The van der Waals surface area contributed by atoms with Crippen molar-refractivity contribution in [2.45, 2.75) is 19.0 Å². The quantitative estimate of drug-likeness (QED) is 0.485. The first-order valence-electron chi connectivity index (χ1n) is 12.1. The summed E-state index contributed by atoms with van der Waals surface area (Å²) in [5.74, 6) is 0.412. The molecular weight excluding hydrogens is 441 g/mol. The van der Waals surface area contributed by atoms with Crippen LogP contribution in [0.25, 0.3) is 10.8 Å². The molecule has 1 atom stereocenters. The van der Waals surface area contributed by atoms with Gasteiger partial charge in [-0.2, -0.15) is 5.10 Å². The van der Waals surface area contributed by atoms with Gasteiger partial charge in [0.25, 0.3) is 5.56 Å². The highest BCUT2D eigenvalue weighted by Gasteiger charge is 2.32. The van der Waals surface area contributed by atoms with Crippen molar-refractivity contribution in [3.8, 4) is 0 Å². The second-order valence-corrected chi connectivity index (χ2v) is 9.60. The van der Waals surface area contributed by atoms with Crippen LogP contribution in [0.1, 0.15) is 22.7 Å². The third kappa shape index (κ3) is 4.11. The maximum absolute atomic E-state index is 13.8. The Morgan fingerprint density at radius 1 is 0.971 bits per heavy atom. The topological polar surface area (TPSA) is 55.5 Å². The van der Waals surface area contributed by atoms with E-state index < -0.39 is 0 Å². The van der Waals surface area contributed by atoms with Crippen LogP contribution < -0.4 is 10.5 Å². The smallest absolute Gasteiger partial charge is 0.272 e. The van der Waals surface area contributed by atoms with Gasteiger partial charge in [0, 0.05) is 43.8 Å². The van der Waals surface area contributed by atoms with Gasteiger partial charge >= 0.3 is 0 Å². The first kappa shape index (κ1) is 21.9. The number of piperazine rings is 1. The minimum atomic E-state index is -0.282. The summed E-state index contributed by atoms with van der Waals surface area (Å²) in [6, 6.07) is 21.1. The molecule has 0 radical (unpaired) electrons. The van der Waals surface area contributed by atoms with E-state index in [9.17, 15) is 9.18 Å². The minimum Gasteiger partial charge on any atom is -0.317 e. The third-order valence-corrected chi connectivity index (χ3v) is 7.31. The summed E-state index contributed by atoms with van der Waals surface area (Å²) in [5, 5.41) is 8.63. The molecular formula is C28H28FN5O. The SMILES string of the molecule is CN1CCN(Cc2ccc(C3Cc4cccc5c(=O)[nH]nc(c45)N3c3ccc(F)cc3)cc2)CC1. The van der Waals surface area contributed by atoms with Crippen LogP contribution in [0.4, 0.5) is 15.9 Å². The standard InChI is InChI=1S/C28H28FN5O/c1-32-13-15-33(16-14-32)18-19-5-7-20(8-6-19)25-17-21-3-2-4-24-26(21)27(30-31-28(24)35)34(25)23-11-9-22(29)10-12-23/h2-12,25H,13-18H2,1H3,(H,31,35). The highest BCUT2D eigenvalue weighted by atomic mass is 19.1. The fourth-order valence-electron chi connectivity index (χ4n) is 5.35. The van der Waals surface area contributed by atoms with Crippen LogP contribution in [0.3, 0.4) is 0 Å². The molecule has 3 aromatic carbocycles. The van der Waals surface area contributed by atoms with E-state index in [1.807, 2.05) is 12.1 Å². The van der Waals surface area contributed by atoms with E-state index in [0.29, 0.717) is 11.2 Å². The summed E-state index contributed by atoms with van der Waals surface area (Å²) in [6.07, 6.45) is 0.727. The number of likely N-dealkylation sites (N-methyl/N-ethyl adjacent to an activating group) is 1. The molecule has 0 aliphatic carbocycles. The van der Waals surface area contributed by atoms with Crippen LogP contribution in [0.15, 0.2) is 71.5 Å². The Balaban J connectivity index is 1.38. The van der Waals surface area contributed by atoms with E-state index in [4.69, 9.17) is 0 Å². The Labute approximate surface area is 203 Å². The Morgan fingerprint density at radius 2 is 1.71 bits per heavy atom. The van der Waals surface area contributed by atoms with Gasteiger partial charge in [-0.15, -0.1) is 0 Å². The van der Waals surface area contributed by atoms with Gasteiger partial charge in [0.15, 0.2) is 5.82 Å². The summed E-state index contributed by atoms with van der Waals surface area (Å²) < 4.78 is 13.8. The summed E-state index contributed by atoms with van der Waals surface area (Å²) >= 11 is 0. The molecule has 1 saturated heterocycles. The zero-order valence-electron chi connectivity index (χ0n) is 19.7. The normalized spacial score (nSPS) is 18.8. The van der Waals surface area contributed by atoms with Crippen LogP contribution in [-0.4, -0.2) is 53.2 Å².